The SMILES string of the molecule is CCN(CC)C(=O)C1=C(C)N=c2s/c(=C\c3ccc(N4CCCC4)cc3C)c(=O)n2[C@@H]1c1ccc(Cl)cc1. The molecule has 1 amide bonds. The van der Waals surface area contributed by atoms with Gasteiger partial charge in [0.25, 0.3) is 11.5 Å². The number of amides is 1. The lowest BCUT2D eigenvalue weighted by molar-refractivity contribution is -0.127. The van der Waals surface area contributed by atoms with E-state index in [9.17, 15) is 9.59 Å². The number of halogens is 1. The molecule has 0 saturated carbocycles. The van der Waals surface area contributed by atoms with Crippen LogP contribution < -0.4 is 19.8 Å². The molecule has 3 heterocycles. The van der Waals surface area contributed by atoms with Crippen molar-refractivity contribution in [3.63, 3.8) is 0 Å². The van der Waals surface area contributed by atoms with Gasteiger partial charge < -0.3 is 9.80 Å². The Balaban J connectivity index is 1.64. The monoisotopic (exact) mass is 548 g/mol. The first-order chi connectivity index (χ1) is 18.3. The van der Waals surface area contributed by atoms with Crippen molar-refractivity contribution in [3.8, 4) is 0 Å². The van der Waals surface area contributed by atoms with Gasteiger partial charge in [-0.25, -0.2) is 4.99 Å². The smallest absolute Gasteiger partial charge is 0.271 e. The van der Waals surface area contributed by atoms with Gasteiger partial charge >= 0.3 is 0 Å². The minimum absolute atomic E-state index is 0.0983. The molecule has 3 aromatic rings. The van der Waals surface area contributed by atoms with E-state index >= 15 is 0 Å². The zero-order chi connectivity index (χ0) is 27.0. The number of rotatable bonds is 6. The molecule has 1 aromatic heterocycles. The Morgan fingerprint density at radius 2 is 1.79 bits per heavy atom. The molecule has 0 radical (unpaired) electrons. The summed E-state index contributed by atoms with van der Waals surface area (Å²) in [6.45, 7) is 11.2. The number of thiazole rings is 1. The number of hydrogen-bond donors (Lipinski definition) is 0. The molecule has 2 aliphatic heterocycles. The van der Waals surface area contributed by atoms with Crippen molar-refractivity contribution in [2.45, 2.75) is 46.6 Å². The van der Waals surface area contributed by atoms with Gasteiger partial charge in [0.05, 0.1) is 21.8 Å². The molecular weight excluding hydrogens is 516 g/mol. The highest BCUT2D eigenvalue weighted by Gasteiger charge is 2.34. The molecule has 0 spiro atoms. The van der Waals surface area contributed by atoms with E-state index in [2.05, 4.69) is 30.0 Å². The average Bonchev–Trinajstić information content (AvgIpc) is 3.54. The van der Waals surface area contributed by atoms with Crippen LogP contribution in [0.1, 0.15) is 56.3 Å². The number of nitrogens with zero attached hydrogens (tertiary/aromatic N) is 4. The van der Waals surface area contributed by atoms with E-state index in [1.54, 1.807) is 21.6 Å². The van der Waals surface area contributed by atoms with E-state index in [4.69, 9.17) is 16.6 Å². The summed E-state index contributed by atoms with van der Waals surface area (Å²) >= 11 is 7.55. The van der Waals surface area contributed by atoms with Crippen LogP contribution in [0.5, 0.6) is 0 Å². The van der Waals surface area contributed by atoms with Crippen molar-refractivity contribution in [2.75, 3.05) is 31.1 Å². The van der Waals surface area contributed by atoms with Gasteiger partial charge in [0, 0.05) is 36.9 Å². The van der Waals surface area contributed by atoms with E-state index in [0.717, 1.165) is 29.8 Å². The predicted octanol–water partition coefficient (Wildman–Crippen LogP) is 4.67. The van der Waals surface area contributed by atoms with Crippen LogP contribution >= 0.6 is 22.9 Å². The molecule has 1 saturated heterocycles. The number of hydrogen-bond acceptors (Lipinski definition) is 5. The Morgan fingerprint density at radius 3 is 2.42 bits per heavy atom. The fourth-order valence-electron chi connectivity index (χ4n) is 5.37. The Bertz CT molecular complexity index is 1580. The van der Waals surface area contributed by atoms with E-state index in [0.29, 0.717) is 38.7 Å². The fraction of sp³-hybridized carbons (Fsp3) is 0.367. The summed E-state index contributed by atoms with van der Waals surface area (Å²) in [7, 11) is 0. The van der Waals surface area contributed by atoms with Crippen LogP contribution in [0.4, 0.5) is 5.69 Å². The van der Waals surface area contributed by atoms with Crippen LogP contribution in [0.3, 0.4) is 0 Å². The number of carbonyl (C=O) groups is 1. The second-order valence-electron chi connectivity index (χ2n) is 9.85. The largest absolute Gasteiger partial charge is 0.372 e. The molecular formula is C30H33ClN4O2S. The highest BCUT2D eigenvalue weighted by Crippen LogP contribution is 2.32. The lowest BCUT2D eigenvalue weighted by Gasteiger charge is -2.29. The number of aryl methyl sites for hydroxylation is 1. The molecule has 2 aliphatic rings. The number of likely N-dealkylation sites (N-methyl/N-ethyl adjacent to an activating group) is 1. The van der Waals surface area contributed by atoms with Crippen LogP contribution in [0.15, 0.2) is 63.5 Å². The van der Waals surface area contributed by atoms with Crippen molar-refractivity contribution < 1.29 is 4.79 Å². The van der Waals surface area contributed by atoms with Crippen molar-refractivity contribution >= 4 is 40.6 Å². The van der Waals surface area contributed by atoms with Crippen LogP contribution in [-0.2, 0) is 4.79 Å². The highest BCUT2D eigenvalue weighted by molar-refractivity contribution is 7.07. The van der Waals surface area contributed by atoms with Crippen molar-refractivity contribution in [1.82, 2.24) is 9.47 Å². The normalized spacial score (nSPS) is 17.6. The molecule has 6 nitrogen and oxygen atoms in total. The van der Waals surface area contributed by atoms with Crippen LogP contribution in [0.25, 0.3) is 6.08 Å². The zero-order valence-electron chi connectivity index (χ0n) is 22.3. The number of allylic oxidation sites excluding steroid dienone is 1. The molecule has 0 bridgehead atoms. The number of benzene rings is 2. The maximum absolute atomic E-state index is 13.9. The minimum atomic E-state index is -0.572. The summed E-state index contributed by atoms with van der Waals surface area (Å²) in [5.41, 5.74) is 5.23. The lowest BCUT2D eigenvalue weighted by Crippen LogP contribution is -2.43. The maximum atomic E-state index is 13.9. The number of fused-ring (bicyclic) bond motifs is 1. The molecule has 1 atom stereocenters. The first kappa shape index (κ1) is 26.4. The van der Waals surface area contributed by atoms with Gasteiger partial charge in [0.15, 0.2) is 4.80 Å². The molecule has 38 heavy (non-hydrogen) atoms. The quantitative estimate of drug-likeness (QED) is 0.450. The third-order valence-electron chi connectivity index (χ3n) is 7.50. The summed E-state index contributed by atoms with van der Waals surface area (Å²) < 4.78 is 2.28. The standard InChI is InChI=1S/C30H33ClN4O2S/c1-5-33(6-2)29(37)26-20(4)32-30-35(27(26)21-9-12-23(31)13-10-21)28(36)25(38-30)18-22-11-14-24(17-19(22)3)34-15-7-8-16-34/h9-14,17-18,27H,5-8,15-16H2,1-4H3/b25-18-/t27-/m1/s1. The second-order valence-corrected chi connectivity index (χ2v) is 11.3. The van der Waals surface area contributed by atoms with E-state index in [-0.39, 0.29) is 11.5 Å². The summed E-state index contributed by atoms with van der Waals surface area (Å²) in [6, 6.07) is 13.2. The Labute approximate surface area is 232 Å². The number of anilines is 1. The summed E-state index contributed by atoms with van der Waals surface area (Å²) in [5.74, 6) is -0.0983. The third-order valence-corrected chi connectivity index (χ3v) is 8.73. The molecule has 198 valence electrons. The number of aromatic nitrogens is 1. The predicted molar refractivity (Wildman–Crippen MR) is 156 cm³/mol. The summed E-state index contributed by atoms with van der Waals surface area (Å²) in [5, 5.41) is 0.603. The summed E-state index contributed by atoms with van der Waals surface area (Å²) in [4.78, 5) is 37.2. The molecule has 5 rings (SSSR count). The molecule has 2 aromatic carbocycles. The van der Waals surface area contributed by atoms with Crippen LogP contribution in [0.2, 0.25) is 5.02 Å². The Hall–Kier alpha value is -3.16. The molecule has 0 N–H and O–H groups in total. The van der Waals surface area contributed by atoms with E-state index in [1.807, 2.05) is 39.0 Å². The van der Waals surface area contributed by atoms with Gasteiger partial charge in [0.2, 0.25) is 0 Å². The zero-order valence-corrected chi connectivity index (χ0v) is 23.9. The van der Waals surface area contributed by atoms with Gasteiger partial charge in [-0.3, -0.25) is 14.2 Å². The minimum Gasteiger partial charge on any atom is -0.372 e. The Morgan fingerprint density at radius 1 is 1.11 bits per heavy atom. The van der Waals surface area contributed by atoms with Gasteiger partial charge in [0.1, 0.15) is 0 Å². The van der Waals surface area contributed by atoms with Crippen molar-refractivity contribution in [3.05, 3.63) is 95.1 Å². The second kappa shape index (κ2) is 10.9. The number of carbonyl (C=O) groups excluding carboxylic acids is 1. The van der Waals surface area contributed by atoms with Gasteiger partial charge in [-0.15, -0.1) is 0 Å². The average molecular weight is 549 g/mol. The molecule has 8 heteroatoms. The first-order valence-corrected chi connectivity index (χ1v) is 14.4. The maximum Gasteiger partial charge on any atom is 0.271 e. The van der Waals surface area contributed by atoms with Gasteiger partial charge in [-0.2, -0.15) is 0 Å². The first-order valence-electron chi connectivity index (χ1n) is 13.2. The van der Waals surface area contributed by atoms with Crippen LogP contribution in [0, 0.1) is 6.92 Å². The van der Waals surface area contributed by atoms with Crippen molar-refractivity contribution in [2.24, 2.45) is 4.99 Å². The van der Waals surface area contributed by atoms with Gasteiger partial charge in [-0.05, 0) is 87.6 Å². The highest BCUT2D eigenvalue weighted by atomic mass is 35.5. The lowest BCUT2D eigenvalue weighted by atomic mass is 9.94. The topological polar surface area (TPSA) is 57.9 Å². The van der Waals surface area contributed by atoms with E-state index < -0.39 is 6.04 Å². The fourth-order valence-corrected chi connectivity index (χ4v) is 6.54. The molecule has 1 fully saturated rings. The van der Waals surface area contributed by atoms with E-state index in [1.165, 1.54) is 29.9 Å². The third kappa shape index (κ3) is 4.85. The van der Waals surface area contributed by atoms with Gasteiger partial charge in [-0.1, -0.05) is 41.1 Å². The van der Waals surface area contributed by atoms with Crippen LogP contribution in [-0.4, -0.2) is 41.6 Å². The summed E-state index contributed by atoms with van der Waals surface area (Å²) in [6.07, 6.45) is 4.42. The molecule has 0 unspecified atom stereocenters. The van der Waals surface area contributed by atoms with Crippen molar-refractivity contribution in [1.29, 1.82) is 0 Å². The Kier molecular flexibility index (Phi) is 7.59. The molecule has 0 aliphatic carbocycles.